The van der Waals surface area contributed by atoms with E-state index in [0.29, 0.717) is 5.56 Å². The average Bonchev–Trinajstić information content (AvgIpc) is 2.61. The lowest BCUT2D eigenvalue weighted by Gasteiger charge is -2.12. The lowest BCUT2D eigenvalue weighted by molar-refractivity contribution is 0.0477. The van der Waals surface area contributed by atoms with Crippen molar-refractivity contribution < 1.29 is 23.9 Å². The Morgan fingerprint density at radius 1 is 0.750 bits per heavy atom. The van der Waals surface area contributed by atoms with Gasteiger partial charge in [0.25, 0.3) is 0 Å². The van der Waals surface area contributed by atoms with Crippen LogP contribution in [0.2, 0.25) is 0 Å². The number of benzene rings is 2. The summed E-state index contributed by atoms with van der Waals surface area (Å²) >= 11 is 0. The zero-order chi connectivity index (χ0) is 17.5. The van der Waals surface area contributed by atoms with Gasteiger partial charge in [0.15, 0.2) is 5.78 Å². The van der Waals surface area contributed by atoms with Gasteiger partial charge in [-0.25, -0.2) is 9.59 Å². The molecule has 2 aromatic carbocycles. The Hall–Kier alpha value is -2.95. The van der Waals surface area contributed by atoms with Crippen LogP contribution in [-0.2, 0) is 9.47 Å². The Kier molecular flexibility index (Phi) is 5.84. The van der Waals surface area contributed by atoms with E-state index < -0.39 is 11.9 Å². The molecule has 24 heavy (non-hydrogen) atoms. The summed E-state index contributed by atoms with van der Waals surface area (Å²) in [6.07, 6.45) is 0. The van der Waals surface area contributed by atoms with Crippen molar-refractivity contribution in [3.8, 4) is 0 Å². The van der Waals surface area contributed by atoms with Crippen LogP contribution in [0.3, 0.4) is 0 Å². The van der Waals surface area contributed by atoms with Crippen LogP contribution in [0.5, 0.6) is 0 Å². The topological polar surface area (TPSA) is 69.7 Å². The molecule has 5 nitrogen and oxygen atoms in total. The van der Waals surface area contributed by atoms with Gasteiger partial charge in [0.2, 0.25) is 0 Å². The summed E-state index contributed by atoms with van der Waals surface area (Å²) in [6.45, 7) is 3.62. The molecule has 124 valence electrons. The summed E-state index contributed by atoms with van der Waals surface area (Å²) in [5.74, 6) is -1.74. The molecule has 0 heterocycles. The molecular weight excluding hydrogens is 308 g/mol. The van der Waals surface area contributed by atoms with Crippen molar-refractivity contribution in [1.29, 1.82) is 0 Å². The van der Waals surface area contributed by atoms with Crippen molar-refractivity contribution in [2.24, 2.45) is 0 Å². The number of ketones is 1. The van der Waals surface area contributed by atoms with Crippen molar-refractivity contribution in [1.82, 2.24) is 0 Å². The number of hydrogen-bond acceptors (Lipinski definition) is 5. The van der Waals surface area contributed by atoms with Gasteiger partial charge in [-0.05, 0) is 19.9 Å². The number of rotatable bonds is 6. The van der Waals surface area contributed by atoms with Crippen molar-refractivity contribution in [2.45, 2.75) is 13.8 Å². The molecule has 0 atom stereocenters. The van der Waals surface area contributed by atoms with Gasteiger partial charge in [-0.1, -0.05) is 42.5 Å². The Morgan fingerprint density at radius 2 is 1.33 bits per heavy atom. The molecule has 0 unspecified atom stereocenters. The van der Waals surface area contributed by atoms with E-state index in [-0.39, 0.29) is 35.7 Å². The molecule has 2 aromatic rings. The van der Waals surface area contributed by atoms with E-state index in [1.54, 1.807) is 50.2 Å². The molecule has 0 N–H and O–H groups in total. The van der Waals surface area contributed by atoms with Gasteiger partial charge in [-0.2, -0.15) is 0 Å². The zero-order valence-corrected chi connectivity index (χ0v) is 13.6. The van der Waals surface area contributed by atoms with E-state index >= 15 is 0 Å². The molecule has 0 aliphatic carbocycles. The van der Waals surface area contributed by atoms with Gasteiger partial charge >= 0.3 is 11.9 Å². The second-order valence-electron chi connectivity index (χ2n) is 4.86. The van der Waals surface area contributed by atoms with E-state index in [1.165, 1.54) is 12.1 Å². The van der Waals surface area contributed by atoms with Crippen molar-refractivity contribution in [2.75, 3.05) is 13.2 Å². The van der Waals surface area contributed by atoms with Crippen molar-refractivity contribution >= 4 is 17.7 Å². The van der Waals surface area contributed by atoms with Crippen LogP contribution in [0.15, 0.2) is 48.5 Å². The summed E-state index contributed by atoms with van der Waals surface area (Å²) in [5, 5.41) is 0. The molecule has 0 saturated carbocycles. The molecule has 0 aromatic heterocycles. The van der Waals surface area contributed by atoms with E-state index in [9.17, 15) is 14.4 Å². The largest absolute Gasteiger partial charge is 0.462 e. The van der Waals surface area contributed by atoms with Gasteiger partial charge < -0.3 is 9.47 Å². The van der Waals surface area contributed by atoms with E-state index in [2.05, 4.69) is 0 Å². The maximum Gasteiger partial charge on any atom is 0.339 e. The molecule has 0 radical (unpaired) electrons. The molecule has 5 heteroatoms. The lowest BCUT2D eigenvalue weighted by atomic mass is 9.94. The summed E-state index contributed by atoms with van der Waals surface area (Å²) in [5.41, 5.74) is 0.498. The molecule has 2 rings (SSSR count). The number of esters is 2. The number of hydrogen-bond donors (Lipinski definition) is 0. The highest BCUT2D eigenvalue weighted by molar-refractivity contribution is 6.17. The Morgan fingerprint density at radius 3 is 1.96 bits per heavy atom. The van der Waals surface area contributed by atoms with Gasteiger partial charge in [0.1, 0.15) is 0 Å². The molecule has 0 saturated heterocycles. The second-order valence-corrected chi connectivity index (χ2v) is 4.86. The molecule has 0 spiro atoms. The van der Waals surface area contributed by atoms with Crippen LogP contribution in [0.4, 0.5) is 0 Å². The number of carbonyl (C=O) groups excluding carboxylic acids is 3. The highest BCUT2D eigenvalue weighted by Gasteiger charge is 2.26. The monoisotopic (exact) mass is 326 g/mol. The van der Waals surface area contributed by atoms with Crippen LogP contribution < -0.4 is 0 Å². The average molecular weight is 326 g/mol. The summed E-state index contributed by atoms with van der Waals surface area (Å²) in [4.78, 5) is 37.2. The van der Waals surface area contributed by atoms with E-state index in [1.807, 2.05) is 0 Å². The highest BCUT2D eigenvalue weighted by atomic mass is 16.5. The lowest BCUT2D eigenvalue weighted by Crippen LogP contribution is -2.19. The molecule has 0 fully saturated rings. The zero-order valence-electron chi connectivity index (χ0n) is 13.6. The fraction of sp³-hybridized carbons (Fsp3) is 0.211. The summed E-state index contributed by atoms with van der Waals surface area (Å²) < 4.78 is 10.0. The van der Waals surface area contributed by atoms with Crippen LogP contribution in [0.1, 0.15) is 50.5 Å². The van der Waals surface area contributed by atoms with Crippen LogP contribution in [0.25, 0.3) is 0 Å². The predicted molar refractivity (Wildman–Crippen MR) is 88.2 cm³/mol. The minimum atomic E-state index is -0.722. The highest BCUT2D eigenvalue weighted by Crippen LogP contribution is 2.21. The van der Waals surface area contributed by atoms with Crippen molar-refractivity contribution in [3.05, 3.63) is 70.8 Å². The Bertz CT molecular complexity index is 750. The van der Waals surface area contributed by atoms with Gasteiger partial charge in [0, 0.05) is 11.1 Å². The molecular formula is C19H18O5. The maximum atomic E-state index is 12.7. The third kappa shape index (κ3) is 3.68. The van der Waals surface area contributed by atoms with E-state index in [4.69, 9.17) is 9.47 Å². The number of ether oxygens (including phenoxy) is 2. The third-order valence-corrected chi connectivity index (χ3v) is 3.32. The second kappa shape index (κ2) is 8.06. The SMILES string of the molecule is CCOC(=O)c1cccc(C(=O)c2ccccc2)c1C(=O)OCC. The van der Waals surface area contributed by atoms with Crippen molar-refractivity contribution in [3.63, 3.8) is 0 Å². The number of carbonyl (C=O) groups is 3. The standard InChI is InChI=1S/C19H18O5/c1-3-23-18(21)15-12-8-11-14(16(15)19(22)24-4-2)17(20)13-9-6-5-7-10-13/h5-12H,3-4H2,1-2H3. The first-order valence-corrected chi connectivity index (χ1v) is 7.67. The normalized spacial score (nSPS) is 10.1. The fourth-order valence-corrected chi connectivity index (χ4v) is 2.29. The molecule has 0 bridgehead atoms. The quantitative estimate of drug-likeness (QED) is 0.602. The van der Waals surface area contributed by atoms with Crippen LogP contribution in [-0.4, -0.2) is 30.9 Å². The van der Waals surface area contributed by atoms with Gasteiger partial charge in [-0.15, -0.1) is 0 Å². The van der Waals surface area contributed by atoms with Crippen LogP contribution >= 0.6 is 0 Å². The first-order chi connectivity index (χ1) is 11.6. The van der Waals surface area contributed by atoms with Gasteiger partial charge in [-0.3, -0.25) is 4.79 Å². The van der Waals surface area contributed by atoms with Gasteiger partial charge in [0.05, 0.1) is 24.3 Å². The first-order valence-electron chi connectivity index (χ1n) is 7.67. The minimum Gasteiger partial charge on any atom is -0.462 e. The smallest absolute Gasteiger partial charge is 0.339 e. The molecule has 0 aliphatic rings. The Balaban J connectivity index is 2.58. The predicted octanol–water partition coefficient (Wildman–Crippen LogP) is 3.27. The summed E-state index contributed by atoms with van der Waals surface area (Å²) in [7, 11) is 0. The van der Waals surface area contributed by atoms with Crippen LogP contribution in [0, 0.1) is 0 Å². The first kappa shape index (κ1) is 17.4. The summed E-state index contributed by atoms with van der Waals surface area (Å²) in [6, 6.07) is 13.0. The fourth-order valence-electron chi connectivity index (χ4n) is 2.29. The molecule has 0 aliphatic heterocycles. The maximum absolute atomic E-state index is 12.7. The molecule has 0 amide bonds. The Labute approximate surface area is 140 Å². The minimum absolute atomic E-state index is 0.0251. The third-order valence-electron chi connectivity index (χ3n) is 3.32. The van der Waals surface area contributed by atoms with E-state index in [0.717, 1.165) is 0 Å².